The molecule has 1 rings (SSSR count). The molecule has 0 aliphatic heterocycles. The zero-order chi connectivity index (χ0) is 9.56. The zero-order valence-electron chi connectivity index (χ0n) is 8.26. The summed E-state index contributed by atoms with van der Waals surface area (Å²) in [5.41, 5.74) is 7.27. The lowest BCUT2D eigenvalue weighted by molar-refractivity contribution is 0.986. The van der Waals surface area contributed by atoms with Crippen LogP contribution in [0.1, 0.15) is 32.2 Å². The number of rotatable bonds is 1. The van der Waals surface area contributed by atoms with Gasteiger partial charge in [-0.1, -0.05) is 20.8 Å². The summed E-state index contributed by atoms with van der Waals surface area (Å²) in [7, 11) is 0. The largest absolute Gasteiger partial charge is 0.382 e. The van der Waals surface area contributed by atoms with Gasteiger partial charge in [0.1, 0.15) is 5.82 Å². The number of hydrogen-bond donors (Lipinski definition) is 1. The quantitative estimate of drug-likeness (QED) is 0.695. The predicted molar refractivity (Wildman–Crippen MR) is 51.9 cm³/mol. The van der Waals surface area contributed by atoms with Gasteiger partial charge in [-0.05, 0) is 13.3 Å². The van der Waals surface area contributed by atoms with Gasteiger partial charge in [-0.3, -0.25) is 4.98 Å². The number of nitrogens with zero attached hydrogens (tertiary/aromatic N) is 2. The van der Waals surface area contributed by atoms with Crippen LogP contribution >= 0.6 is 0 Å². The van der Waals surface area contributed by atoms with E-state index in [0.717, 1.165) is 17.8 Å². The van der Waals surface area contributed by atoms with Crippen LogP contribution in [0.25, 0.3) is 0 Å². The lowest BCUT2D eigenvalue weighted by Gasteiger charge is -1.98. The minimum Gasteiger partial charge on any atom is -0.382 e. The van der Waals surface area contributed by atoms with Gasteiger partial charge in [0.15, 0.2) is 0 Å². The lowest BCUT2D eigenvalue weighted by Crippen LogP contribution is -1.99. The molecule has 1 heterocycles. The van der Waals surface area contributed by atoms with Crippen molar-refractivity contribution in [3.05, 3.63) is 17.6 Å². The van der Waals surface area contributed by atoms with Crippen molar-refractivity contribution in [2.45, 2.75) is 34.1 Å². The maximum absolute atomic E-state index is 5.52. The van der Waals surface area contributed by atoms with Crippen LogP contribution in [0.4, 0.5) is 5.82 Å². The monoisotopic (exact) mass is 167 g/mol. The standard InChI is InChI=1S/C7H11N3.C2H6/c1-3-6-4-9-5(2)7(8)10-6;1-2/h4H,3H2,1-2H3,(H2,8,10);1-2H3. The molecule has 0 spiro atoms. The molecular formula is C9H17N3. The number of nitrogens with two attached hydrogens (primary N) is 1. The Bertz CT molecular complexity index is 233. The molecule has 0 radical (unpaired) electrons. The average Bonchev–Trinajstić information content (AvgIpc) is 2.13. The van der Waals surface area contributed by atoms with E-state index in [1.165, 1.54) is 0 Å². The van der Waals surface area contributed by atoms with Crippen molar-refractivity contribution in [1.82, 2.24) is 9.97 Å². The fraction of sp³-hybridized carbons (Fsp3) is 0.556. The SMILES string of the molecule is CC.CCc1cnc(C)c(N)n1. The topological polar surface area (TPSA) is 51.8 Å². The van der Waals surface area contributed by atoms with Crippen LogP contribution in [-0.4, -0.2) is 9.97 Å². The van der Waals surface area contributed by atoms with E-state index in [4.69, 9.17) is 5.73 Å². The molecule has 68 valence electrons. The van der Waals surface area contributed by atoms with Crippen molar-refractivity contribution in [2.75, 3.05) is 5.73 Å². The third kappa shape index (κ3) is 2.86. The van der Waals surface area contributed by atoms with E-state index in [0.29, 0.717) is 5.82 Å². The highest BCUT2D eigenvalue weighted by Gasteiger charge is 1.96. The summed E-state index contributed by atoms with van der Waals surface area (Å²) in [6, 6.07) is 0. The molecular weight excluding hydrogens is 150 g/mol. The molecule has 0 atom stereocenters. The van der Waals surface area contributed by atoms with E-state index < -0.39 is 0 Å². The Hall–Kier alpha value is -1.12. The maximum Gasteiger partial charge on any atom is 0.145 e. The molecule has 12 heavy (non-hydrogen) atoms. The molecule has 1 aromatic rings. The van der Waals surface area contributed by atoms with E-state index in [1.54, 1.807) is 6.20 Å². The normalized spacial score (nSPS) is 8.67. The molecule has 0 fully saturated rings. The van der Waals surface area contributed by atoms with Crippen molar-refractivity contribution >= 4 is 5.82 Å². The Balaban J connectivity index is 0.000000561. The van der Waals surface area contributed by atoms with E-state index >= 15 is 0 Å². The summed E-state index contributed by atoms with van der Waals surface area (Å²) in [6.07, 6.45) is 2.64. The van der Waals surface area contributed by atoms with Crippen molar-refractivity contribution in [3.63, 3.8) is 0 Å². The number of nitrogen functional groups attached to an aromatic ring is 1. The molecule has 0 aromatic carbocycles. The smallest absolute Gasteiger partial charge is 0.145 e. The van der Waals surface area contributed by atoms with Crippen molar-refractivity contribution < 1.29 is 0 Å². The molecule has 0 amide bonds. The second-order valence-corrected chi connectivity index (χ2v) is 2.19. The summed E-state index contributed by atoms with van der Waals surface area (Å²) in [5.74, 6) is 0.541. The predicted octanol–water partition coefficient (Wildman–Crippen LogP) is 1.96. The van der Waals surface area contributed by atoms with Gasteiger partial charge in [-0.2, -0.15) is 0 Å². The first-order valence-electron chi connectivity index (χ1n) is 4.32. The van der Waals surface area contributed by atoms with Gasteiger partial charge >= 0.3 is 0 Å². The lowest BCUT2D eigenvalue weighted by atomic mass is 10.3. The number of anilines is 1. The van der Waals surface area contributed by atoms with E-state index in [1.807, 2.05) is 27.7 Å². The summed E-state index contributed by atoms with van der Waals surface area (Å²) < 4.78 is 0. The summed E-state index contributed by atoms with van der Waals surface area (Å²) in [5, 5.41) is 0. The number of aryl methyl sites for hydroxylation is 2. The minimum atomic E-state index is 0.541. The fourth-order valence-corrected chi connectivity index (χ4v) is 0.672. The fourth-order valence-electron chi connectivity index (χ4n) is 0.672. The first kappa shape index (κ1) is 10.9. The first-order chi connectivity index (χ1) is 5.74. The molecule has 0 unspecified atom stereocenters. The van der Waals surface area contributed by atoms with Gasteiger partial charge in [0.2, 0.25) is 0 Å². The van der Waals surface area contributed by atoms with Gasteiger partial charge in [0.05, 0.1) is 11.4 Å². The second-order valence-electron chi connectivity index (χ2n) is 2.19. The molecule has 0 saturated carbocycles. The van der Waals surface area contributed by atoms with E-state index in [2.05, 4.69) is 9.97 Å². The van der Waals surface area contributed by atoms with Crippen LogP contribution < -0.4 is 5.73 Å². The van der Waals surface area contributed by atoms with Gasteiger partial charge in [0.25, 0.3) is 0 Å². The van der Waals surface area contributed by atoms with Gasteiger partial charge in [0, 0.05) is 6.20 Å². The summed E-state index contributed by atoms with van der Waals surface area (Å²) in [6.45, 7) is 7.88. The first-order valence-corrected chi connectivity index (χ1v) is 4.32. The zero-order valence-corrected chi connectivity index (χ0v) is 8.26. The van der Waals surface area contributed by atoms with Crippen LogP contribution in [0.5, 0.6) is 0 Å². The average molecular weight is 167 g/mol. The Morgan fingerprint density at radius 1 is 1.42 bits per heavy atom. The second kappa shape index (κ2) is 5.52. The number of hydrogen-bond acceptors (Lipinski definition) is 3. The minimum absolute atomic E-state index is 0.541. The molecule has 1 aromatic heterocycles. The Labute approximate surface area is 74.0 Å². The van der Waals surface area contributed by atoms with Crippen LogP contribution in [0.2, 0.25) is 0 Å². The third-order valence-electron chi connectivity index (χ3n) is 1.40. The van der Waals surface area contributed by atoms with Gasteiger partial charge in [-0.15, -0.1) is 0 Å². The maximum atomic E-state index is 5.52. The molecule has 0 aliphatic rings. The Morgan fingerprint density at radius 2 is 2.00 bits per heavy atom. The van der Waals surface area contributed by atoms with Gasteiger partial charge in [-0.25, -0.2) is 4.98 Å². The van der Waals surface area contributed by atoms with Crippen molar-refractivity contribution in [3.8, 4) is 0 Å². The Morgan fingerprint density at radius 3 is 2.42 bits per heavy atom. The van der Waals surface area contributed by atoms with Crippen LogP contribution in [0, 0.1) is 6.92 Å². The Kier molecular flexibility index (Phi) is 5.00. The molecule has 0 aliphatic carbocycles. The highest BCUT2D eigenvalue weighted by Crippen LogP contribution is 2.03. The third-order valence-corrected chi connectivity index (χ3v) is 1.40. The highest BCUT2D eigenvalue weighted by molar-refractivity contribution is 5.33. The van der Waals surface area contributed by atoms with Crippen molar-refractivity contribution in [1.29, 1.82) is 0 Å². The molecule has 2 N–H and O–H groups in total. The summed E-state index contributed by atoms with van der Waals surface area (Å²) >= 11 is 0. The van der Waals surface area contributed by atoms with E-state index in [9.17, 15) is 0 Å². The van der Waals surface area contributed by atoms with Gasteiger partial charge < -0.3 is 5.73 Å². The number of aromatic nitrogens is 2. The van der Waals surface area contributed by atoms with Crippen LogP contribution in [0.15, 0.2) is 6.20 Å². The van der Waals surface area contributed by atoms with Crippen LogP contribution in [0.3, 0.4) is 0 Å². The van der Waals surface area contributed by atoms with E-state index in [-0.39, 0.29) is 0 Å². The molecule has 0 bridgehead atoms. The molecule has 0 saturated heterocycles. The molecule has 3 heteroatoms. The molecule has 3 nitrogen and oxygen atoms in total. The summed E-state index contributed by atoms with van der Waals surface area (Å²) in [4.78, 5) is 8.17. The van der Waals surface area contributed by atoms with Crippen molar-refractivity contribution in [2.24, 2.45) is 0 Å². The van der Waals surface area contributed by atoms with Crippen LogP contribution in [-0.2, 0) is 6.42 Å². The highest BCUT2D eigenvalue weighted by atomic mass is 14.9.